The van der Waals surface area contributed by atoms with Crippen molar-refractivity contribution in [1.82, 2.24) is 4.90 Å². The predicted molar refractivity (Wildman–Crippen MR) is 73.2 cm³/mol. The minimum absolute atomic E-state index is 0.0591. The van der Waals surface area contributed by atoms with Crippen LogP contribution in [0.1, 0.15) is 31.4 Å². The van der Waals surface area contributed by atoms with Crippen LogP contribution in [0.15, 0.2) is 18.2 Å². The molecule has 2 rings (SSSR count). The van der Waals surface area contributed by atoms with Crippen LogP contribution in [0.25, 0.3) is 0 Å². The average molecular weight is 271 g/mol. The minimum atomic E-state index is -0.326. The van der Waals surface area contributed by atoms with Crippen LogP contribution in [0.3, 0.4) is 0 Å². The van der Waals surface area contributed by atoms with E-state index in [-0.39, 0.29) is 16.9 Å². The number of piperidine rings is 1. The summed E-state index contributed by atoms with van der Waals surface area (Å²) in [5.41, 5.74) is 6.46. The van der Waals surface area contributed by atoms with Crippen molar-refractivity contribution in [2.75, 3.05) is 19.6 Å². The lowest BCUT2D eigenvalue weighted by Crippen LogP contribution is -2.39. The maximum atomic E-state index is 14.1. The fourth-order valence-corrected chi connectivity index (χ4v) is 2.77. The van der Waals surface area contributed by atoms with Crippen LogP contribution in [0.4, 0.5) is 4.39 Å². The summed E-state index contributed by atoms with van der Waals surface area (Å²) >= 11 is 5.84. The molecule has 0 bridgehead atoms. The number of hydrogen-bond acceptors (Lipinski definition) is 2. The zero-order chi connectivity index (χ0) is 13.1. The number of nitrogens with two attached hydrogens (primary N) is 1. The zero-order valence-electron chi connectivity index (χ0n) is 10.7. The number of nitrogens with zero attached hydrogens (tertiary/aromatic N) is 1. The SMILES string of the molecule is CC1CCN(C(CN)c2cccc(Cl)c2F)CC1. The van der Waals surface area contributed by atoms with Gasteiger partial charge in [-0.25, -0.2) is 4.39 Å². The molecule has 100 valence electrons. The van der Waals surface area contributed by atoms with Crippen LogP contribution in [-0.4, -0.2) is 24.5 Å². The van der Waals surface area contributed by atoms with Crippen molar-refractivity contribution in [2.24, 2.45) is 11.7 Å². The van der Waals surface area contributed by atoms with Gasteiger partial charge in [0.05, 0.1) is 5.02 Å². The van der Waals surface area contributed by atoms with E-state index >= 15 is 0 Å². The Morgan fingerprint density at radius 1 is 1.44 bits per heavy atom. The van der Waals surface area contributed by atoms with Gasteiger partial charge in [-0.3, -0.25) is 4.90 Å². The van der Waals surface area contributed by atoms with Gasteiger partial charge < -0.3 is 5.73 Å². The number of rotatable bonds is 3. The molecule has 2 N–H and O–H groups in total. The van der Waals surface area contributed by atoms with Crippen molar-refractivity contribution in [3.05, 3.63) is 34.6 Å². The Labute approximate surface area is 113 Å². The first kappa shape index (κ1) is 13.8. The summed E-state index contributed by atoms with van der Waals surface area (Å²) in [4.78, 5) is 2.27. The molecule has 1 aromatic rings. The van der Waals surface area contributed by atoms with E-state index in [1.807, 2.05) is 0 Å². The molecular weight excluding hydrogens is 251 g/mol. The molecule has 1 heterocycles. The van der Waals surface area contributed by atoms with Crippen molar-refractivity contribution in [2.45, 2.75) is 25.8 Å². The molecule has 0 aliphatic carbocycles. The van der Waals surface area contributed by atoms with Gasteiger partial charge in [-0.05, 0) is 37.9 Å². The second-order valence-electron chi connectivity index (χ2n) is 5.11. The lowest BCUT2D eigenvalue weighted by molar-refractivity contribution is 0.139. The summed E-state index contributed by atoms with van der Waals surface area (Å²) in [5.74, 6) is 0.428. The zero-order valence-corrected chi connectivity index (χ0v) is 11.5. The van der Waals surface area contributed by atoms with Crippen LogP contribution >= 0.6 is 11.6 Å². The molecule has 1 aliphatic heterocycles. The molecule has 4 heteroatoms. The third-order valence-electron chi connectivity index (χ3n) is 3.82. The molecule has 1 aliphatic rings. The summed E-state index contributed by atoms with van der Waals surface area (Å²) in [7, 11) is 0. The van der Waals surface area contributed by atoms with Gasteiger partial charge in [-0.1, -0.05) is 30.7 Å². The summed E-state index contributed by atoms with van der Waals surface area (Å²) in [6, 6.07) is 5.09. The quantitative estimate of drug-likeness (QED) is 0.914. The third kappa shape index (κ3) is 2.85. The van der Waals surface area contributed by atoms with Crippen molar-refractivity contribution in [1.29, 1.82) is 0 Å². The first-order valence-corrected chi connectivity index (χ1v) is 6.89. The van der Waals surface area contributed by atoms with E-state index in [0.29, 0.717) is 12.1 Å². The van der Waals surface area contributed by atoms with Gasteiger partial charge in [-0.15, -0.1) is 0 Å². The Bertz CT molecular complexity index is 403. The highest BCUT2D eigenvalue weighted by Gasteiger charge is 2.26. The largest absolute Gasteiger partial charge is 0.329 e. The average Bonchev–Trinajstić information content (AvgIpc) is 2.37. The molecule has 1 saturated heterocycles. The Balaban J connectivity index is 2.20. The maximum Gasteiger partial charge on any atom is 0.146 e. The van der Waals surface area contributed by atoms with Crippen molar-refractivity contribution < 1.29 is 4.39 Å². The van der Waals surface area contributed by atoms with Crippen LogP contribution in [-0.2, 0) is 0 Å². The topological polar surface area (TPSA) is 29.3 Å². The van der Waals surface area contributed by atoms with Gasteiger partial charge in [0, 0.05) is 18.2 Å². The monoisotopic (exact) mass is 270 g/mol. The second kappa shape index (κ2) is 6.00. The van der Waals surface area contributed by atoms with Crippen molar-refractivity contribution >= 4 is 11.6 Å². The summed E-state index contributed by atoms with van der Waals surface area (Å²) in [6.07, 6.45) is 2.30. The fourth-order valence-electron chi connectivity index (χ4n) is 2.59. The van der Waals surface area contributed by atoms with Gasteiger partial charge in [0.25, 0.3) is 0 Å². The number of benzene rings is 1. The molecule has 0 aromatic heterocycles. The Morgan fingerprint density at radius 2 is 2.11 bits per heavy atom. The molecule has 1 unspecified atom stereocenters. The molecule has 0 radical (unpaired) electrons. The molecule has 0 spiro atoms. The Kier molecular flexibility index (Phi) is 4.60. The van der Waals surface area contributed by atoms with E-state index in [1.165, 1.54) is 0 Å². The number of hydrogen-bond donors (Lipinski definition) is 1. The van der Waals surface area contributed by atoms with Gasteiger partial charge >= 0.3 is 0 Å². The highest BCUT2D eigenvalue weighted by molar-refractivity contribution is 6.30. The van der Waals surface area contributed by atoms with Gasteiger partial charge in [0.2, 0.25) is 0 Å². The lowest BCUT2D eigenvalue weighted by Gasteiger charge is -2.36. The van der Waals surface area contributed by atoms with E-state index in [9.17, 15) is 4.39 Å². The van der Waals surface area contributed by atoms with Gasteiger partial charge in [-0.2, -0.15) is 0 Å². The molecule has 2 nitrogen and oxygen atoms in total. The van der Waals surface area contributed by atoms with E-state index in [4.69, 9.17) is 17.3 Å². The van der Waals surface area contributed by atoms with E-state index in [2.05, 4.69) is 11.8 Å². The molecule has 18 heavy (non-hydrogen) atoms. The molecular formula is C14H20ClFN2. The Hall–Kier alpha value is -0.640. The molecule has 1 atom stereocenters. The van der Waals surface area contributed by atoms with Crippen molar-refractivity contribution in [3.63, 3.8) is 0 Å². The fraction of sp³-hybridized carbons (Fsp3) is 0.571. The van der Waals surface area contributed by atoms with E-state index in [0.717, 1.165) is 31.8 Å². The Morgan fingerprint density at radius 3 is 2.72 bits per heavy atom. The summed E-state index contributed by atoms with van der Waals surface area (Å²) in [5, 5.41) is 0.177. The van der Waals surface area contributed by atoms with Crippen molar-refractivity contribution in [3.8, 4) is 0 Å². The van der Waals surface area contributed by atoms with Gasteiger partial charge in [0.15, 0.2) is 0 Å². The number of halogens is 2. The maximum absolute atomic E-state index is 14.1. The smallest absolute Gasteiger partial charge is 0.146 e. The van der Waals surface area contributed by atoms with Crippen LogP contribution in [0.5, 0.6) is 0 Å². The number of likely N-dealkylation sites (tertiary alicyclic amines) is 1. The molecule has 1 aromatic carbocycles. The van der Waals surface area contributed by atoms with E-state index in [1.54, 1.807) is 18.2 Å². The standard InChI is InChI=1S/C14H20ClFN2/c1-10-5-7-18(8-6-10)13(9-17)11-3-2-4-12(15)14(11)16/h2-4,10,13H,5-9,17H2,1H3. The summed E-state index contributed by atoms with van der Waals surface area (Å²) < 4.78 is 14.1. The first-order valence-electron chi connectivity index (χ1n) is 6.51. The highest BCUT2D eigenvalue weighted by Crippen LogP contribution is 2.29. The van der Waals surface area contributed by atoms with Gasteiger partial charge in [0.1, 0.15) is 5.82 Å². The predicted octanol–water partition coefficient (Wildman–Crippen LogP) is 3.21. The second-order valence-corrected chi connectivity index (χ2v) is 5.52. The van der Waals surface area contributed by atoms with Crippen LogP contribution in [0, 0.1) is 11.7 Å². The van der Waals surface area contributed by atoms with Crippen LogP contribution in [0.2, 0.25) is 5.02 Å². The first-order chi connectivity index (χ1) is 8.63. The normalized spacial score (nSPS) is 20.0. The molecule has 1 fully saturated rings. The highest BCUT2D eigenvalue weighted by atomic mass is 35.5. The third-order valence-corrected chi connectivity index (χ3v) is 4.11. The summed E-state index contributed by atoms with van der Waals surface area (Å²) in [6.45, 7) is 4.64. The van der Waals surface area contributed by atoms with E-state index < -0.39 is 0 Å². The lowest BCUT2D eigenvalue weighted by atomic mass is 9.95. The van der Waals surface area contributed by atoms with Crippen LogP contribution < -0.4 is 5.73 Å². The molecule has 0 amide bonds. The minimum Gasteiger partial charge on any atom is -0.329 e. The molecule has 0 saturated carbocycles.